The molecule has 9 heteroatoms. The van der Waals surface area contributed by atoms with Gasteiger partial charge in [-0.05, 0) is 66.8 Å². The van der Waals surface area contributed by atoms with Crippen LogP contribution in [0.15, 0.2) is 108 Å². The first-order valence-electron chi connectivity index (χ1n) is 15.0. The number of carbonyl (C=O) groups is 2. The summed E-state index contributed by atoms with van der Waals surface area (Å²) in [6.07, 6.45) is 0.242. The number of amides is 2. The summed E-state index contributed by atoms with van der Waals surface area (Å²) in [5.41, 5.74) is 3.58. The summed E-state index contributed by atoms with van der Waals surface area (Å²) in [4.78, 5) is 29.9. The maximum absolute atomic E-state index is 14.5. The number of halogens is 1. The van der Waals surface area contributed by atoms with Gasteiger partial charge in [-0.25, -0.2) is 8.42 Å². The SMILES string of the molecule is Cc1ccc(S(=O)(=O)N(CC(=O)N(Cc2cccc(Cl)c2)[C@H](Cc2ccccc2)C(=O)NCC(C)C)c2ccccc2C)cc1. The molecule has 0 aliphatic heterocycles. The Bertz CT molecular complexity index is 1710. The largest absolute Gasteiger partial charge is 0.354 e. The highest BCUT2D eigenvalue weighted by Crippen LogP contribution is 2.28. The molecule has 45 heavy (non-hydrogen) atoms. The van der Waals surface area contributed by atoms with Gasteiger partial charge >= 0.3 is 0 Å². The number of sulfonamides is 1. The lowest BCUT2D eigenvalue weighted by Crippen LogP contribution is -2.53. The van der Waals surface area contributed by atoms with Crippen molar-refractivity contribution in [1.82, 2.24) is 10.2 Å². The van der Waals surface area contributed by atoms with Gasteiger partial charge < -0.3 is 10.2 Å². The summed E-state index contributed by atoms with van der Waals surface area (Å²) in [5, 5.41) is 3.49. The van der Waals surface area contributed by atoms with Crippen LogP contribution in [-0.4, -0.2) is 44.3 Å². The molecular formula is C36H40ClN3O4S. The van der Waals surface area contributed by atoms with E-state index in [0.29, 0.717) is 22.8 Å². The molecule has 4 rings (SSSR count). The van der Waals surface area contributed by atoms with Gasteiger partial charge in [-0.3, -0.25) is 13.9 Å². The summed E-state index contributed by atoms with van der Waals surface area (Å²) in [6, 6.07) is 29.3. The van der Waals surface area contributed by atoms with Crippen molar-refractivity contribution in [3.05, 3.63) is 130 Å². The Morgan fingerprint density at radius 3 is 2.11 bits per heavy atom. The highest BCUT2D eigenvalue weighted by atomic mass is 35.5. The van der Waals surface area contributed by atoms with E-state index >= 15 is 0 Å². The van der Waals surface area contributed by atoms with E-state index in [4.69, 9.17) is 11.6 Å². The minimum absolute atomic E-state index is 0.0538. The number of hydrogen-bond donors (Lipinski definition) is 1. The predicted molar refractivity (Wildman–Crippen MR) is 181 cm³/mol. The van der Waals surface area contributed by atoms with E-state index in [2.05, 4.69) is 5.32 Å². The monoisotopic (exact) mass is 645 g/mol. The molecule has 236 valence electrons. The number of rotatable bonds is 13. The van der Waals surface area contributed by atoms with E-state index in [1.165, 1.54) is 4.90 Å². The molecule has 0 aliphatic carbocycles. The van der Waals surface area contributed by atoms with Crippen LogP contribution in [0.3, 0.4) is 0 Å². The summed E-state index contributed by atoms with van der Waals surface area (Å²) >= 11 is 6.31. The molecule has 0 aromatic heterocycles. The minimum Gasteiger partial charge on any atom is -0.354 e. The van der Waals surface area contributed by atoms with Crippen LogP contribution in [0.4, 0.5) is 5.69 Å². The van der Waals surface area contributed by atoms with Crippen LogP contribution in [0, 0.1) is 19.8 Å². The quantitative estimate of drug-likeness (QED) is 0.178. The molecule has 0 saturated carbocycles. The Balaban J connectivity index is 1.81. The van der Waals surface area contributed by atoms with E-state index in [9.17, 15) is 18.0 Å². The topological polar surface area (TPSA) is 86.8 Å². The second kappa shape index (κ2) is 15.2. The second-order valence-corrected chi connectivity index (χ2v) is 13.9. The fourth-order valence-electron chi connectivity index (χ4n) is 5.00. The van der Waals surface area contributed by atoms with Crippen LogP contribution >= 0.6 is 11.6 Å². The first-order chi connectivity index (χ1) is 21.5. The van der Waals surface area contributed by atoms with E-state index in [-0.39, 0.29) is 29.7 Å². The van der Waals surface area contributed by atoms with Gasteiger partial charge in [-0.1, -0.05) is 104 Å². The number of carbonyl (C=O) groups excluding carboxylic acids is 2. The minimum atomic E-state index is -4.16. The van der Waals surface area contributed by atoms with Crippen LogP contribution in [0.2, 0.25) is 5.02 Å². The lowest BCUT2D eigenvalue weighted by Gasteiger charge is -2.34. The van der Waals surface area contributed by atoms with Gasteiger partial charge in [-0.2, -0.15) is 0 Å². The highest BCUT2D eigenvalue weighted by molar-refractivity contribution is 7.92. The van der Waals surface area contributed by atoms with Crippen molar-refractivity contribution in [1.29, 1.82) is 0 Å². The summed E-state index contributed by atoms with van der Waals surface area (Å²) in [5.74, 6) is -0.638. The number of aryl methyl sites for hydroxylation is 2. The van der Waals surface area contributed by atoms with Crippen molar-refractivity contribution >= 4 is 39.1 Å². The second-order valence-electron chi connectivity index (χ2n) is 11.6. The number of nitrogens with zero attached hydrogens (tertiary/aromatic N) is 2. The third-order valence-electron chi connectivity index (χ3n) is 7.47. The van der Waals surface area contributed by atoms with Gasteiger partial charge in [0.1, 0.15) is 12.6 Å². The number of hydrogen-bond acceptors (Lipinski definition) is 4. The molecular weight excluding hydrogens is 606 g/mol. The average molecular weight is 646 g/mol. The fourth-order valence-corrected chi connectivity index (χ4v) is 6.69. The Hall–Kier alpha value is -4.14. The number of benzene rings is 4. The van der Waals surface area contributed by atoms with Crippen molar-refractivity contribution in [2.24, 2.45) is 5.92 Å². The standard InChI is InChI=1S/C36H40ClN3O4S/c1-26(2)23-38-36(42)34(22-29-12-6-5-7-13-29)39(24-30-14-10-15-31(37)21-30)35(41)25-40(33-16-9-8-11-28(33)4)45(43,44)32-19-17-27(3)18-20-32/h5-21,26,34H,22-25H2,1-4H3,(H,38,42)/t34-/m1/s1. The van der Waals surface area contributed by atoms with Crippen molar-refractivity contribution in [2.45, 2.75) is 51.6 Å². The van der Waals surface area contributed by atoms with Gasteiger partial charge in [0, 0.05) is 24.5 Å². The van der Waals surface area contributed by atoms with Crippen LogP contribution in [0.1, 0.15) is 36.1 Å². The first kappa shape index (κ1) is 33.7. The molecule has 2 amide bonds. The van der Waals surface area contributed by atoms with Crippen molar-refractivity contribution < 1.29 is 18.0 Å². The molecule has 0 radical (unpaired) electrons. The zero-order valence-electron chi connectivity index (χ0n) is 26.1. The van der Waals surface area contributed by atoms with E-state index in [0.717, 1.165) is 21.0 Å². The van der Waals surface area contributed by atoms with Crippen LogP contribution < -0.4 is 9.62 Å². The zero-order valence-corrected chi connectivity index (χ0v) is 27.7. The third kappa shape index (κ3) is 8.96. The first-order valence-corrected chi connectivity index (χ1v) is 16.8. The molecule has 0 aliphatic rings. The van der Waals surface area contributed by atoms with Gasteiger partial charge in [0.05, 0.1) is 10.6 Å². The summed E-state index contributed by atoms with van der Waals surface area (Å²) < 4.78 is 29.5. The van der Waals surface area contributed by atoms with Gasteiger partial charge in [-0.15, -0.1) is 0 Å². The third-order valence-corrected chi connectivity index (χ3v) is 9.48. The summed E-state index contributed by atoms with van der Waals surface area (Å²) in [7, 11) is -4.16. The number of anilines is 1. The van der Waals surface area contributed by atoms with Crippen molar-refractivity contribution in [2.75, 3.05) is 17.4 Å². The molecule has 4 aromatic carbocycles. The lowest BCUT2D eigenvalue weighted by atomic mass is 10.0. The van der Waals surface area contributed by atoms with Crippen molar-refractivity contribution in [3.63, 3.8) is 0 Å². The Kier molecular flexibility index (Phi) is 11.4. The molecule has 0 heterocycles. The highest BCUT2D eigenvalue weighted by Gasteiger charge is 2.35. The molecule has 1 N–H and O–H groups in total. The molecule has 4 aromatic rings. The van der Waals surface area contributed by atoms with E-state index < -0.39 is 28.5 Å². The smallest absolute Gasteiger partial charge is 0.264 e. The van der Waals surface area contributed by atoms with E-state index in [1.54, 1.807) is 67.6 Å². The van der Waals surface area contributed by atoms with Crippen molar-refractivity contribution in [3.8, 4) is 0 Å². The van der Waals surface area contributed by atoms with Crippen LogP contribution in [0.5, 0.6) is 0 Å². The molecule has 0 fully saturated rings. The Morgan fingerprint density at radius 1 is 0.822 bits per heavy atom. The van der Waals surface area contributed by atoms with Crippen LogP contribution in [-0.2, 0) is 32.6 Å². The predicted octanol–water partition coefficient (Wildman–Crippen LogP) is 6.56. The normalized spacial score (nSPS) is 12.0. The number of nitrogens with one attached hydrogen (secondary N) is 1. The molecule has 0 spiro atoms. The lowest BCUT2D eigenvalue weighted by molar-refractivity contribution is -0.140. The molecule has 1 atom stereocenters. The number of para-hydroxylation sites is 1. The zero-order chi connectivity index (χ0) is 32.6. The maximum atomic E-state index is 14.5. The van der Waals surface area contributed by atoms with Gasteiger partial charge in [0.2, 0.25) is 11.8 Å². The van der Waals surface area contributed by atoms with E-state index in [1.807, 2.05) is 63.2 Å². The summed E-state index contributed by atoms with van der Waals surface area (Å²) in [6.45, 7) is 7.65. The average Bonchev–Trinajstić information content (AvgIpc) is 3.01. The molecule has 0 unspecified atom stereocenters. The fraction of sp³-hybridized carbons (Fsp3) is 0.278. The maximum Gasteiger partial charge on any atom is 0.264 e. The molecule has 7 nitrogen and oxygen atoms in total. The Morgan fingerprint density at radius 2 is 1.47 bits per heavy atom. The molecule has 0 saturated heterocycles. The van der Waals surface area contributed by atoms with Gasteiger partial charge in [0.25, 0.3) is 10.0 Å². The van der Waals surface area contributed by atoms with Gasteiger partial charge in [0.15, 0.2) is 0 Å². The Labute approximate surface area is 271 Å². The van der Waals surface area contributed by atoms with Crippen LogP contribution in [0.25, 0.3) is 0 Å². The molecule has 0 bridgehead atoms.